The highest BCUT2D eigenvalue weighted by Crippen LogP contribution is 2.35. The van der Waals surface area contributed by atoms with E-state index < -0.39 is 122 Å². The van der Waals surface area contributed by atoms with Crippen LogP contribution in [0.3, 0.4) is 0 Å². The van der Waals surface area contributed by atoms with Crippen molar-refractivity contribution in [3.8, 4) is 0 Å². The molecule has 19 heteroatoms. The second-order valence-electron chi connectivity index (χ2n) is 10.3. The van der Waals surface area contributed by atoms with Gasteiger partial charge in [0.2, 0.25) is 12.4 Å². The maximum atomic E-state index is 12.3. The molecule has 10 atom stereocenters. The molecule has 0 radical (unpaired) electrons. The van der Waals surface area contributed by atoms with E-state index in [1.165, 1.54) is 0 Å². The maximum absolute atomic E-state index is 12.3. The van der Waals surface area contributed by atoms with Crippen LogP contribution in [-0.2, 0) is 90.5 Å². The summed E-state index contributed by atoms with van der Waals surface area (Å²) < 4.78 is 60.2. The van der Waals surface area contributed by atoms with Crippen LogP contribution in [0.5, 0.6) is 0 Å². The zero-order chi connectivity index (χ0) is 35.6. The summed E-state index contributed by atoms with van der Waals surface area (Å²) in [6.07, 6.45) is -16.3. The molecule has 2 heterocycles. The van der Waals surface area contributed by atoms with E-state index in [1.54, 1.807) is 0 Å². The van der Waals surface area contributed by atoms with Crippen molar-refractivity contribution in [2.45, 2.75) is 117 Å². The SMILES string of the molecule is CC(=O)OC[C@@H]1O[C@H](O[C@@H]2[C@H](OC(C)=O)[C@H](OC(C)=O)[C@H](OC(C)=O)O[C@@H]2COC(C)=O)[C@H](OC(C)=O)[C@H](OC(C)=O)[C@@H]1OC(C)=O. The first kappa shape index (κ1) is 38.8. The van der Waals surface area contributed by atoms with Crippen molar-refractivity contribution < 1.29 is 90.5 Å². The molecule has 2 fully saturated rings. The lowest BCUT2D eigenvalue weighted by molar-refractivity contribution is -0.357. The molecule has 0 aromatic rings. The Morgan fingerprint density at radius 3 is 1.11 bits per heavy atom. The van der Waals surface area contributed by atoms with E-state index >= 15 is 0 Å². The van der Waals surface area contributed by atoms with Crippen molar-refractivity contribution in [1.82, 2.24) is 0 Å². The molecule has 0 bridgehead atoms. The summed E-state index contributed by atoms with van der Waals surface area (Å²) in [6, 6.07) is 0. The molecule has 0 unspecified atom stereocenters. The van der Waals surface area contributed by atoms with Crippen LogP contribution in [0.15, 0.2) is 0 Å². The Labute approximate surface area is 268 Å². The van der Waals surface area contributed by atoms with Crippen LogP contribution < -0.4 is 0 Å². The molecular weight excluding hydrogens is 640 g/mol. The molecule has 0 amide bonds. The molecule has 0 saturated carbocycles. The molecule has 0 aromatic carbocycles. The Morgan fingerprint density at radius 1 is 0.383 bits per heavy atom. The number of hydrogen-bond acceptors (Lipinski definition) is 19. The third kappa shape index (κ3) is 12.1. The van der Waals surface area contributed by atoms with Crippen LogP contribution in [0.4, 0.5) is 0 Å². The third-order valence-electron chi connectivity index (χ3n) is 6.17. The van der Waals surface area contributed by atoms with Crippen LogP contribution in [0.25, 0.3) is 0 Å². The lowest BCUT2D eigenvalue weighted by Crippen LogP contribution is -2.67. The van der Waals surface area contributed by atoms with E-state index in [2.05, 4.69) is 0 Å². The fourth-order valence-electron chi connectivity index (χ4n) is 4.73. The van der Waals surface area contributed by atoms with E-state index in [9.17, 15) is 38.4 Å². The molecule has 0 N–H and O–H groups in total. The first-order chi connectivity index (χ1) is 21.9. The summed E-state index contributed by atoms with van der Waals surface area (Å²) in [5.41, 5.74) is 0. The van der Waals surface area contributed by atoms with Crippen LogP contribution in [0.2, 0.25) is 0 Å². The second-order valence-corrected chi connectivity index (χ2v) is 10.3. The average molecular weight is 679 g/mol. The maximum Gasteiger partial charge on any atom is 0.305 e. The van der Waals surface area contributed by atoms with E-state index in [0.717, 1.165) is 55.4 Å². The van der Waals surface area contributed by atoms with Gasteiger partial charge >= 0.3 is 47.8 Å². The van der Waals surface area contributed by atoms with Crippen LogP contribution in [-0.4, -0.2) is 122 Å². The van der Waals surface area contributed by atoms with Gasteiger partial charge in [0.25, 0.3) is 0 Å². The van der Waals surface area contributed by atoms with Gasteiger partial charge in [-0.2, -0.15) is 0 Å². The molecular formula is C28H38O19. The largest absolute Gasteiger partial charge is 0.463 e. The predicted molar refractivity (Wildman–Crippen MR) is 145 cm³/mol. The summed E-state index contributed by atoms with van der Waals surface area (Å²) in [7, 11) is 0. The molecule has 47 heavy (non-hydrogen) atoms. The Hall–Kier alpha value is -4.36. The third-order valence-corrected chi connectivity index (χ3v) is 6.17. The van der Waals surface area contributed by atoms with Gasteiger partial charge in [-0.05, 0) is 0 Å². The highest BCUT2D eigenvalue weighted by atomic mass is 16.8. The predicted octanol–water partition coefficient (Wildman–Crippen LogP) is -0.831. The van der Waals surface area contributed by atoms with Crippen LogP contribution >= 0.6 is 0 Å². The van der Waals surface area contributed by atoms with E-state index in [4.69, 9.17) is 52.1 Å². The molecule has 2 rings (SSSR count). The lowest BCUT2D eigenvalue weighted by Gasteiger charge is -2.48. The minimum Gasteiger partial charge on any atom is -0.463 e. The van der Waals surface area contributed by atoms with E-state index in [1.807, 2.05) is 0 Å². The Morgan fingerprint density at radius 2 is 0.702 bits per heavy atom. The Bertz CT molecular complexity index is 1200. The topological polar surface area (TPSA) is 238 Å². The first-order valence-corrected chi connectivity index (χ1v) is 14.2. The monoisotopic (exact) mass is 678 g/mol. The van der Waals surface area contributed by atoms with Crippen molar-refractivity contribution in [2.24, 2.45) is 0 Å². The van der Waals surface area contributed by atoms with Gasteiger partial charge in [0.1, 0.15) is 31.5 Å². The highest BCUT2D eigenvalue weighted by Gasteiger charge is 2.58. The van der Waals surface area contributed by atoms with Crippen molar-refractivity contribution in [2.75, 3.05) is 13.2 Å². The standard InChI is InChI=1S/C28H38O19/c1-11(29)37-9-19-21(39-13(3)31)23(40-14(4)32)26(43-17(7)35)28(46-19)47-22-20(10-38-12(2)30)45-27(44-18(8)36)25(42-16(6)34)24(22)41-15(5)33/h19-28H,9-10H2,1-8H3/t19-,20+,21+,22-,23+,24-,25-,26+,27+,28+/m0/s1. The second kappa shape index (κ2) is 17.5. The molecule has 2 aliphatic heterocycles. The molecule has 19 nitrogen and oxygen atoms in total. The minimum atomic E-state index is -1.83. The van der Waals surface area contributed by atoms with Gasteiger partial charge in [-0.25, -0.2) is 0 Å². The molecule has 2 saturated heterocycles. The molecule has 264 valence electrons. The van der Waals surface area contributed by atoms with Gasteiger partial charge in [-0.1, -0.05) is 0 Å². The summed E-state index contributed by atoms with van der Waals surface area (Å²) in [6.45, 7) is 7.05. The first-order valence-electron chi connectivity index (χ1n) is 14.2. The van der Waals surface area contributed by atoms with Gasteiger partial charge in [0.15, 0.2) is 30.7 Å². The fraction of sp³-hybridized carbons (Fsp3) is 0.714. The van der Waals surface area contributed by atoms with Gasteiger partial charge in [-0.15, -0.1) is 0 Å². The van der Waals surface area contributed by atoms with E-state index in [0.29, 0.717) is 0 Å². The van der Waals surface area contributed by atoms with Crippen molar-refractivity contribution >= 4 is 47.8 Å². The van der Waals surface area contributed by atoms with Crippen LogP contribution in [0.1, 0.15) is 55.4 Å². The number of carbonyl (C=O) groups is 8. The number of hydrogen-bond donors (Lipinski definition) is 0. The number of rotatable bonds is 12. The molecule has 2 aliphatic rings. The minimum absolute atomic E-state index is 0.590. The summed E-state index contributed by atoms with van der Waals surface area (Å²) in [4.78, 5) is 96.3. The van der Waals surface area contributed by atoms with E-state index in [-0.39, 0.29) is 0 Å². The smallest absolute Gasteiger partial charge is 0.305 e. The van der Waals surface area contributed by atoms with Crippen molar-refractivity contribution in [3.63, 3.8) is 0 Å². The normalized spacial score (nSPS) is 30.0. The van der Waals surface area contributed by atoms with Gasteiger partial charge in [0.05, 0.1) is 0 Å². The van der Waals surface area contributed by atoms with Gasteiger partial charge < -0.3 is 52.1 Å². The number of carbonyl (C=O) groups excluding carboxylic acids is 8. The molecule has 0 spiro atoms. The van der Waals surface area contributed by atoms with Crippen molar-refractivity contribution in [1.29, 1.82) is 0 Å². The Kier molecular flexibility index (Phi) is 14.5. The summed E-state index contributed by atoms with van der Waals surface area (Å²) >= 11 is 0. The van der Waals surface area contributed by atoms with Gasteiger partial charge in [0, 0.05) is 55.4 Å². The lowest BCUT2D eigenvalue weighted by atomic mass is 9.96. The quantitative estimate of drug-likeness (QED) is 0.181. The van der Waals surface area contributed by atoms with Crippen molar-refractivity contribution in [3.05, 3.63) is 0 Å². The summed E-state index contributed by atoms with van der Waals surface area (Å²) in [5.74, 6) is -7.02. The molecule has 0 aliphatic carbocycles. The average Bonchev–Trinajstić information content (AvgIpc) is 2.91. The highest BCUT2D eigenvalue weighted by molar-refractivity contribution is 5.70. The zero-order valence-corrected chi connectivity index (χ0v) is 26.9. The number of ether oxygens (including phenoxy) is 11. The fourth-order valence-corrected chi connectivity index (χ4v) is 4.73. The zero-order valence-electron chi connectivity index (χ0n) is 26.9. The number of esters is 8. The van der Waals surface area contributed by atoms with Gasteiger partial charge in [-0.3, -0.25) is 38.4 Å². The summed E-state index contributed by atoms with van der Waals surface area (Å²) in [5, 5.41) is 0. The van der Waals surface area contributed by atoms with Crippen LogP contribution in [0, 0.1) is 0 Å². The Balaban J connectivity index is 2.73. The molecule has 0 aromatic heterocycles.